The summed E-state index contributed by atoms with van der Waals surface area (Å²) < 4.78 is 35.8. The molecule has 8 nitrogen and oxygen atoms in total. The van der Waals surface area contributed by atoms with E-state index >= 15 is 0 Å². The smallest absolute Gasteiger partial charge is 0.226 e. The lowest BCUT2D eigenvalue weighted by molar-refractivity contribution is -0.284. The lowest BCUT2D eigenvalue weighted by Gasteiger charge is -2.48. The third-order valence-electron chi connectivity index (χ3n) is 9.11. The highest BCUT2D eigenvalue weighted by molar-refractivity contribution is 5.78. The summed E-state index contributed by atoms with van der Waals surface area (Å²) in [5.41, 5.74) is 8.47. The monoisotopic (exact) mass is 608 g/mol. The number of benzene rings is 4. The number of hydrogen-bond donors (Lipinski definition) is 0. The van der Waals surface area contributed by atoms with E-state index in [9.17, 15) is 0 Å². The molecule has 8 heteroatoms. The first kappa shape index (κ1) is 29.6. The van der Waals surface area contributed by atoms with Gasteiger partial charge in [0.15, 0.2) is 0 Å². The molecule has 2 fully saturated rings. The van der Waals surface area contributed by atoms with E-state index in [0.29, 0.717) is 26.4 Å². The molecule has 0 bridgehead atoms. The Morgan fingerprint density at radius 3 is 1.38 bits per heavy atom. The fourth-order valence-electron chi connectivity index (χ4n) is 6.75. The maximum absolute atomic E-state index is 6.42. The van der Waals surface area contributed by atoms with Crippen LogP contribution in [0, 0.1) is 5.41 Å². The molecule has 0 amide bonds. The van der Waals surface area contributed by atoms with E-state index in [1.54, 1.807) is 14.2 Å². The minimum Gasteiger partial charge on any atom is -0.497 e. The Labute approximate surface area is 265 Å². The molecular weight excluding hydrogens is 568 g/mol. The van der Waals surface area contributed by atoms with E-state index in [0.717, 1.165) is 56.5 Å². The molecule has 0 unspecified atom stereocenters. The second-order valence-corrected chi connectivity index (χ2v) is 12.6. The van der Waals surface area contributed by atoms with Gasteiger partial charge in [-0.25, -0.2) is 0 Å². The van der Waals surface area contributed by atoms with Crippen molar-refractivity contribution in [2.45, 2.75) is 25.4 Å². The number of anilines is 4. The zero-order valence-corrected chi connectivity index (χ0v) is 26.8. The molecule has 8 rings (SSSR count). The zero-order valence-electron chi connectivity index (χ0n) is 26.8. The SMILES string of the molecule is COc1ccc2c(c1)C1(OCC(C)(C)CO1)c1ccccc1N2C.COc1ccc2c(c1)C1(OCCO1)c1ccccc1N2C. The number of para-hydroxylation sites is 2. The van der Waals surface area contributed by atoms with Crippen LogP contribution in [0.2, 0.25) is 0 Å². The van der Waals surface area contributed by atoms with Gasteiger partial charge in [0.1, 0.15) is 11.5 Å². The molecule has 2 spiro atoms. The van der Waals surface area contributed by atoms with Gasteiger partial charge in [-0.15, -0.1) is 0 Å². The summed E-state index contributed by atoms with van der Waals surface area (Å²) in [6.07, 6.45) is 0. The van der Waals surface area contributed by atoms with E-state index in [4.69, 9.17) is 28.4 Å². The van der Waals surface area contributed by atoms with E-state index in [-0.39, 0.29) is 5.41 Å². The Balaban J connectivity index is 0.000000146. The highest BCUT2D eigenvalue weighted by Gasteiger charge is 2.50. The highest BCUT2D eigenvalue weighted by Crippen LogP contribution is 2.54. The van der Waals surface area contributed by atoms with Crippen molar-refractivity contribution in [3.8, 4) is 11.5 Å². The first-order valence-electron chi connectivity index (χ1n) is 15.3. The number of rotatable bonds is 2. The van der Waals surface area contributed by atoms with Crippen molar-refractivity contribution in [1.29, 1.82) is 0 Å². The second-order valence-electron chi connectivity index (χ2n) is 12.6. The van der Waals surface area contributed by atoms with Gasteiger partial charge in [0.05, 0.1) is 52.0 Å². The zero-order chi connectivity index (χ0) is 31.4. The molecule has 0 saturated carbocycles. The van der Waals surface area contributed by atoms with Gasteiger partial charge in [-0.1, -0.05) is 50.2 Å². The van der Waals surface area contributed by atoms with Gasteiger partial charge < -0.3 is 38.2 Å². The third-order valence-corrected chi connectivity index (χ3v) is 9.11. The normalized spacial score (nSPS) is 19.5. The first-order valence-corrected chi connectivity index (χ1v) is 15.3. The fraction of sp³-hybridized carbons (Fsp3) is 0.351. The van der Waals surface area contributed by atoms with Crippen molar-refractivity contribution in [2.75, 3.05) is 64.5 Å². The number of ether oxygens (including phenoxy) is 6. The molecule has 0 aliphatic carbocycles. The number of hydrogen-bond acceptors (Lipinski definition) is 8. The fourth-order valence-corrected chi connectivity index (χ4v) is 6.75. The van der Waals surface area contributed by atoms with Gasteiger partial charge in [0, 0.05) is 53.1 Å². The molecular formula is C37H40N2O6. The first-order chi connectivity index (χ1) is 21.7. The standard InChI is InChI=1S/C20H23NO3.C17H17NO3/c1-19(2)12-23-20(24-13-19)15-7-5-6-8-17(15)21(3)18-10-9-14(22-4)11-16(18)20;1-18-15-6-4-3-5-13(15)17(20-9-10-21-17)14-11-12(19-2)7-8-16(14)18/h5-11H,12-13H2,1-4H3;3-8,11H,9-10H2,1-2H3. The van der Waals surface area contributed by atoms with E-state index in [2.05, 4.69) is 74.1 Å². The van der Waals surface area contributed by atoms with Crippen LogP contribution in [0.15, 0.2) is 84.9 Å². The molecule has 0 N–H and O–H groups in total. The van der Waals surface area contributed by atoms with Crippen molar-refractivity contribution in [3.05, 3.63) is 107 Å². The summed E-state index contributed by atoms with van der Waals surface area (Å²) in [6, 6.07) is 28.6. The summed E-state index contributed by atoms with van der Waals surface area (Å²) in [4.78, 5) is 4.35. The lowest BCUT2D eigenvalue weighted by Crippen LogP contribution is -2.48. The third kappa shape index (κ3) is 4.67. The molecule has 234 valence electrons. The van der Waals surface area contributed by atoms with Gasteiger partial charge in [-0.3, -0.25) is 0 Å². The van der Waals surface area contributed by atoms with Crippen molar-refractivity contribution in [2.24, 2.45) is 5.41 Å². The summed E-state index contributed by atoms with van der Waals surface area (Å²) in [7, 11) is 7.49. The van der Waals surface area contributed by atoms with Crippen LogP contribution < -0.4 is 19.3 Å². The Morgan fingerprint density at radius 1 is 0.533 bits per heavy atom. The topological polar surface area (TPSA) is 61.9 Å². The Hall–Kier alpha value is -4.08. The summed E-state index contributed by atoms with van der Waals surface area (Å²) in [5.74, 6) is -0.0758. The summed E-state index contributed by atoms with van der Waals surface area (Å²) in [6.45, 7) is 6.78. The average Bonchev–Trinajstić information content (AvgIpc) is 3.58. The van der Waals surface area contributed by atoms with Crippen molar-refractivity contribution >= 4 is 22.7 Å². The maximum atomic E-state index is 6.42. The molecule has 0 radical (unpaired) electrons. The van der Waals surface area contributed by atoms with Crippen LogP contribution in [0.4, 0.5) is 22.7 Å². The Kier molecular flexibility index (Phi) is 7.28. The van der Waals surface area contributed by atoms with Crippen LogP contribution in [0.3, 0.4) is 0 Å². The van der Waals surface area contributed by atoms with Crippen molar-refractivity contribution < 1.29 is 28.4 Å². The predicted octanol–water partition coefficient (Wildman–Crippen LogP) is 7.08. The molecule has 4 aromatic rings. The van der Waals surface area contributed by atoms with E-state index < -0.39 is 11.6 Å². The van der Waals surface area contributed by atoms with Crippen LogP contribution in [0.1, 0.15) is 36.1 Å². The highest BCUT2D eigenvalue weighted by atomic mass is 16.7. The molecule has 0 aromatic heterocycles. The minimum atomic E-state index is -0.873. The average molecular weight is 609 g/mol. The van der Waals surface area contributed by atoms with Crippen LogP contribution >= 0.6 is 0 Å². The van der Waals surface area contributed by atoms with Crippen LogP contribution in [-0.2, 0) is 30.5 Å². The second kappa shape index (κ2) is 11.1. The molecule has 0 atom stereocenters. The van der Waals surface area contributed by atoms with Gasteiger partial charge in [-0.2, -0.15) is 0 Å². The largest absolute Gasteiger partial charge is 0.497 e. The molecule has 4 aliphatic rings. The lowest BCUT2D eigenvalue weighted by atomic mass is 9.86. The minimum absolute atomic E-state index is 0.00255. The van der Waals surface area contributed by atoms with Crippen LogP contribution in [0.5, 0.6) is 11.5 Å². The van der Waals surface area contributed by atoms with E-state index in [1.165, 1.54) is 0 Å². The Bertz CT molecular complexity index is 1720. The Morgan fingerprint density at radius 2 is 0.933 bits per heavy atom. The predicted molar refractivity (Wildman–Crippen MR) is 174 cm³/mol. The van der Waals surface area contributed by atoms with Gasteiger partial charge in [0.25, 0.3) is 0 Å². The molecule has 4 aliphatic heterocycles. The summed E-state index contributed by atoms with van der Waals surface area (Å²) in [5, 5.41) is 0. The number of fused-ring (bicyclic) bond motifs is 8. The van der Waals surface area contributed by atoms with E-state index in [1.807, 2.05) is 48.5 Å². The van der Waals surface area contributed by atoms with Crippen molar-refractivity contribution in [3.63, 3.8) is 0 Å². The van der Waals surface area contributed by atoms with Crippen LogP contribution in [-0.4, -0.2) is 54.7 Å². The maximum Gasteiger partial charge on any atom is 0.226 e. The quantitative estimate of drug-likeness (QED) is 0.239. The van der Waals surface area contributed by atoms with Gasteiger partial charge >= 0.3 is 0 Å². The summed E-state index contributed by atoms with van der Waals surface area (Å²) >= 11 is 0. The molecule has 4 aromatic carbocycles. The van der Waals surface area contributed by atoms with Crippen LogP contribution in [0.25, 0.3) is 0 Å². The number of methoxy groups -OCH3 is 2. The van der Waals surface area contributed by atoms with Gasteiger partial charge in [0.2, 0.25) is 11.6 Å². The molecule has 4 heterocycles. The van der Waals surface area contributed by atoms with Crippen molar-refractivity contribution in [1.82, 2.24) is 0 Å². The molecule has 2 saturated heterocycles. The van der Waals surface area contributed by atoms with Gasteiger partial charge in [-0.05, 0) is 48.5 Å². The number of nitrogens with zero attached hydrogens (tertiary/aromatic N) is 2. The molecule has 45 heavy (non-hydrogen) atoms.